The molecule has 304 valence electrons. The third-order valence-corrected chi connectivity index (χ3v) is 21.7. The summed E-state index contributed by atoms with van der Waals surface area (Å²) >= 11 is 0. The largest absolute Gasteiger partial charge is 0.490 e. The van der Waals surface area contributed by atoms with E-state index in [-0.39, 0.29) is 22.9 Å². The Bertz CT molecular complexity index is 1930. The molecule has 0 saturated heterocycles. The van der Waals surface area contributed by atoms with Crippen LogP contribution in [0.25, 0.3) is 28.0 Å². The fourth-order valence-corrected chi connectivity index (χ4v) is 7.95. The maximum Gasteiger partial charge on any atom is 0.192 e. The second-order valence-electron chi connectivity index (χ2n) is 18.1. The predicted octanol–water partition coefficient (Wildman–Crippen LogP) is 9.65. The molecule has 3 aromatic heterocycles. The fourth-order valence-electron chi connectivity index (χ4n) is 5.61. The molecule has 0 fully saturated rings. The Kier molecular flexibility index (Phi) is 14.5. The number of benzene rings is 1. The molecule has 2 N–H and O–H groups in total. The van der Waals surface area contributed by atoms with Gasteiger partial charge in [-0.3, -0.25) is 10.1 Å². The first-order valence-electron chi connectivity index (χ1n) is 19.1. The van der Waals surface area contributed by atoms with Crippen molar-refractivity contribution < 1.29 is 26.9 Å². The highest BCUT2D eigenvalue weighted by atomic mass is 32.2. The number of fused-ring (bicyclic) bond motifs is 1. The van der Waals surface area contributed by atoms with E-state index in [9.17, 15) is 4.21 Å². The van der Waals surface area contributed by atoms with Crippen LogP contribution in [-0.4, -0.2) is 78.4 Å². The minimum atomic E-state index is -2.08. The van der Waals surface area contributed by atoms with Crippen molar-refractivity contribution in [1.29, 1.82) is 0 Å². The number of aromatic nitrogens is 4. The van der Waals surface area contributed by atoms with Gasteiger partial charge in [0, 0.05) is 37.3 Å². The second kappa shape index (κ2) is 17.7. The molecule has 0 saturated carbocycles. The lowest BCUT2D eigenvalue weighted by Crippen LogP contribution is -2.41. The maximum atomic E-state index is 16.5. The first kappa shape index (κ1) is 44.9. The Morgan fingerprint density at radius 2 is 1.53 bits per heavy atom. The minimum Gasteiger partial charge on any atom is -0.490 e. The van der Waals surface area contributed by atoms with Crippen molar-refractivity contribution in [1.82, 2.24) is 19.7 Å². The summed E-state index contributed by atoms with van der Waals surface area (Å²) in [6.07, 6.45) is 0.903. The molecular weight excluding hydrogens is 750 g/mol. The Balaban J connectivity index is 1.75. The monoisotopic (exact) mass is 813 g/mol. The Morgan fingerprint density at radius 1 is 0.873 bits per heavy atom. The summed E-state index contributed by atoms with van der Waals surface area (Å²) in [4.78, 5) is 10.0. The van der Waals surface area contributed by atoms with Crippen LogP contribution in [0.2, 0.25) is 36.3 Å². The standard InChI is InChI=1S/C41H64FN5O5SSi2/c1-39(2,3)54(10,11)51-21-20-33(42)31(26-41(7,8)53(43)48)35-18-15-17-34(46-35)29-24-36-32(37(25-29)50-23-22-49-9)27-44-47(36)38-19-14-16-30(45-38)28-52-55(12,13)40(4,5)6/h14-19,24-25,27,31,33H,20-23,26,28,43H2,1-13H3/t31-,33?,53?/m0/s1. The van der Waals surface area contributed by atoms with E-state index in [1.54, 1.807) is 31.8 Å². The molecule has 4 rings (SSSR count). The van der Waals surface area contributed by atoms with Gasteiger partial charge in [-0.1, -0.05) is 53.7 Å². The van der Waals surface area contributed by atoms with Gasteiger partial charge in [0.1, 0.15) is 18.5 Å². The van der Waals surface area contributed by atoms with Crippen molar-refractivity contribution in [3.63, 3.8) is 0 Å². The van der Waals surface area contributed by atoms with E-state index >= 15 is 4.39 Å². The average Bonchev–Trinajstić information content (AvgIpc) is 3.53. The van der Waals surface area contributed by atoms with Gasteiger partial charge in [0.15, 0.2) is 22.5 Å². The molecule has 0 radical (unpaired) electrons. The zero-order chi connectivity index (χ0) is 41.0. The number of nitrogens with zero attached hydrogens (tertiary/aromatic N) is 4. The molecule has 3 heterocycles. The van der Waals surface area contributed by atoms with Crippen LogP contribution >= 0.6 is 0 Å². The molecule has 0 spiro atoms. The van der Waals surface area contributed by atoms with Crippen molar-refractivity contribution in [2.75, 3.05) is 26.9 Å². The number of rotatable bonds is 18. The van der Waals surface area contributed by atoms with Gasteiger partial charge in [0.25, 0.3) is 0 Å². The lowest BCUT2D eigenvalue weighted by Gasteiger charge is -2.36. The van der Waals surface area contributed by atoms with E-state index < -0.39 is 44.5 Å². The van der Waals surface area contributed by atoms with E-state index in [0.717, 1.165) is 22.2 Å². The lowest BCUT2D eigenvalue weighted by atomic mass is 9.87. The van der Waals surface area contributed by atoms with Crippen LogP contribution in [0.3, 0.4) is 0 Å². The number of ether oxygens (including phenoxy) is 2. The number of halogens is 1. The lowest BCUT2D eigenvalue weighted by molar-refractivity contribution is 0.147. The third-order valence-electron chi connectivity index (χ3n) is 11.4. The first-order valence-corrected chi connectivity index (χ1v) is 26.2. The van der Waals surface area contributed by atoms with Gasteiger partial charge >= 0.3 is 0 Å². The van der Waals surface area contributed by atoms with Crippen molar-refractivity contribution >= 4 is 38.5 Å². The molecule has 55 heavy (non-hydrogen) atoms. The summed E-state index contributed by atoms with van der Waals surface area (Å²) in [5.74, 6) is 0.589. The van der Waals surface area contributed by atoms with Gasteiger partial charge in [-0.2, -0.15) is 5.10 Å². The summed E-state index contributed by atoms with van der Waals surface area (Å²) in [5, 5.41) is 11.6. The molecule has 0 amide bonds. The van der Waals surface area contributed by atoms with E-state index in [2.05, 4.69) is 67.7 Å². The molecule has 3 atom stereocenters. The Labute approximate surface area is 333 Å². The third kappa shape index (κ3) is 11.2. The SMILES string of the molecule is COCCOc1cc(-c2cccc([C@@H](CC(C)(C)S(N)=O)C(F)CCO[Si](C)(C)C(C)(C)C)n2)cc2c1cnn2-c1cccc(CO[Si](C)(C)C(C)(C)C)n1. The van der Waals surface area contributed by atoms with Gasteiger partial charge in [-0.15, -0.1) is 0 Å². The van der Waals surface area contributed by atoms with Crippen LogP contribution in [-0.2, 0) is 31.2 Å². The summed E-state index contributed by atoms with van der Waals surface area (Å²) < 4.78 is 54.4. The van der Waals surface area contributed by atoms with Gasteiger partial charge in [0.05, 0.1) is 57.4 Å². The highest BCUT2D eigenvalue weighted by Gasteiger charge is 2.39. The van der Waals surface area contributed by atoms with Crippen LogP contribution in [0.4, 0.5) is 4.39 Å². The Hall–Kier alpha value is -2.86. The minimum absolute atomic E-state index is 0.00705. The van der Waals surface area contributed by atoms with Gasteiger partial charge < -0.3 is 18.3 Å². The van der Waals surface area contributed by atoms with Crippen LogP contribution in [0, 0.1) is 0 Å². The molecule has 14 heteroatoms. The smallest absolute Gasteiger partial charge is 0.192 e. The quantitative estimate of drug-likeness (QED) is 0.0779. The van der Waals surface area contributed by atoms with E-state index in [1.165, 1.54) is 0 Å². The van der Waals surface area contributed by atoms with E-state index in [0.29, 0.717) is 49.4 Å². The summed E-state index contributed by atoms with van der Waals surface area (Å²) in [6, 6.07) is 15.4. The average molecular weight is 814 g/mol. The van der Waals surface area contributed by atoms with Crippen LogP contribution in [0.5, 0.6) is 5.75 Å². The fraction of sp³-hybridized carbons (Fsp3) is 0.585. The molecule has 1 aromatic carbocycles. The van der Waals surface area contributed by atoms with Gasteiger partial charge in [-0.25, -0.2) is 18.3 Å². The number of pyridine rings is 2. The molecular formula is C41H64FN5O5SSi2. The topological polar surface area (TPSA) is 124 Å². The zero-order valence-electron chi connectivity index (χ0n) is 35.3. The Morgan fingerprint density at radius 3 is 2.16 bits per heavy atom. The summed E-state index contributed by atoms with van der Waals surface area (Å²) in [6.45, 7) is 27.0. The second-order valence-corrected chi connectivity index (χ2v) is 29.4. The first-order chi connectivity index (χ1) is 25.5. The molecule has 10 nitrogen and oxygen atoms in total. The van der Waals surface area contributed by atoms with Crippen LogP contribution in [0.1, 0.15) is 85.5 Å². The molecule has 0 aliphatic carbocycles. The number of alkyl halides is 1. The summed E-state index contributed by atoms with van der Waals surface area (Å²) in [7, 11) is -4.11. The molecule has 2 unspecified atom stereocenters. The maximum absolute atomic E-state index is 16.5. The number of hydrogen-bond acceptors (Lipinski definition) is 8. The highest BCUT2D eigenvalue weighted by Crippen LogP contribution is 2.40. The van der Waals surface area contributed by atoms with Crippen molar-refractivity contribution in [3.8, 4) is 22.8 Å². The normalized spacial score (nSPS) is 15.0. The van der Waals surface area contributed by atoms with E-state index in [1.807, 2.05) is 48.5 Å². The summed E-state index contributed by atoms with van der Waals surface area (Å²) in [5.41, 5.74) is 3.54. The zero-order valence-corrected chi connectivity index (χ0v) is 38.1. The van der Waals surface area contributed by atoms with Crippen molar-refractivity contribution in [2.24, 2.45) is 5.14 Å². The number of hydrogen-bond donors (Lipinski definition) is 1. The molecule has 0 aliphatic rings. The molecule has 0 bridgehead atoms. The van der Waals surface area contributed by atoms with Gasteiger partial charge in [-0.05, 0) is 92.9 Å². The number of methoxy groups -OCH3 is 1. The van der Waals surface area contributed by atoms with Crippen LogP contribution in [0.15, 0.2) is 54.7 Å². The molecule has 0 aliphatic heterocycles. The van der Waals surface area contributed by atoms with Gasteiger partial charge in [0.2, 0.25) is 0 Å². The number of nitrogens with two attached hydrogens (primary N) is 1. The van der Waals surface area contributed by atoms with Crippen molar-refractivity contribution in [3.05, 3.63) is 66.1 Å². The highest BCUT2D eigenvalue weighted by molar-refractivity contribution is 7.84. The van der Waals surface area contributed by atoms with E-state index in [4.69, 9.17) is 38.5 Å². The molecule has 4 aromatic rings. The van der Waals surface area contributed by atoms with Crippen molar-refractivity contribution in [2.45, 2.75) is 128 Å². The predicted molar refractivity (Wildman–Crippen MR) is 228 cm³/mol. The van der Waals surface area contributed by atoms with Crippen LogP contribution < -0.4 is 9.88 Å².